The molecule has 0 bridgehead atoms. The highest BCUT2D eigenvalue weighted by atomic mass is 16.5. The molecule has 7 heteroatoms. The number of likely N-dealkylation sites (tertiary alicyclic amines) is 1. The lowest BCUT2D eigenvalue weighted by molar-refractivity contribution is -0.133. The fraction of sp³-hybridized carbons (Fsp3) is 0.571. The predicted molar refractivity (Wildman–Crippen MR) is 74.3 cm³/mol. The van der Waals surface area contributed by atoms with Gasteiger partial charge in [-0.3, -0.25) is 4.79 Å². The summed E-state index contributed by atoms with van der Waals surface area (Å²) in [5.41, 5.74) is 0. The Bertz CT molecular complexity index is 605. The maximum atomic E-state index is 12.4. The molecule has 7 nitrogen and oxygen atoms in total. The zero-order valence-electron chi connectivity index (χ0n) is 12.3. The van der Waals surface area contributed by atoms with Gasteiger partial charge in [-0.2, -0.15) is 4.98 Å². The first-order valence-corrected chi connectivity index (χ1v) is 7.24. The van der Waals surface area contributed by atoms with Gasteiger partial charge in [0.2, 0.25) is 11.8 Å². The van der Waals surface area contributed by atoms with E-state index in [4.69, 9.17) is 4.52 Å². The van der Waals surface area contributed by atoms with Crippen LogP contribution in [0, 0.1) is 0 Å². The van der Waals surface area contributed by atoms with Crippen molar-refractivity contribution >= 4 is 5.91 Å². The van der Waals surface area contributed by atoms with Gasteiger partial charge in [0, 0.05) is 24.9 Å². The zero-order chi connectivity index (χ0) is 14.8. The number of amides is 1. The molecule has 1 saturated heterocycles. The Hall–Kier alpha value is -2.18. The van der Waals surface area contributed by atoms with Gasteiger partial charge >= 0.3 is 0 Å². The molecule has 0 N–H and O–H groups in total. The first kappa shape index (κ1) is 13.8. The molecule has 1 aliphatic heterocycles. The average Bonchev–Trinajstić information content (AvgIpc) is 3.19. The van der Waals surface area contributed by atoms with Crippen molar-refractivity contribution < 1.29 is 9.32 Å². The highest BCUT2D eigenvalue weighted by molar-refractivity contribution is 5.76. The number of carbonyl (C=O) groups is 1. The second kappa shape index (κ2) is 5.67. The Balaban J connectivity index is 1.73. The Morgan fingerprint density at radius 2 is 2.38 bits per heavy atom. The highest BCUT2D eigenvalue weighted by Gasteiger charge is 2.34. The minimum Gasteiger partial charge on any atom is -0.337 e. The summed E-state index contributed by atoms with van der Waals surface area (Å²) >= 11 is 0. The molecule has 3 rings (SSSR count). The molecule has 0 radical (unpaired) electrons. The quantitative estimate of drug-likeness (QED) is 0.857. The van der Waals surface area contributed by atoms with E-state index in [0.29, 0.717) is 18.3 Å². The third-order valence-corrected chi connectivity index (χ3v) is 3.71. The van der Waals surface area contributed by atoms with Crippen molar-refractivity contribution in [2.24, 2.45) is 0 Å². The lowest BCUT2D eigenvalue weighted by atomic mass is 10.2. The number of nitrogens with zero attached hydrogens (tertiary/aromatic N) is 5. The van der Waals surface area contributed by atoms with Crippen LogP contribution in [0.5, 0.6) is 0 Å². The minimum atomic E-state index is -0.0963. The Kier molecular flexibility index (Phi) is 3.72. The second-order valence-corrected chi connectivity index (χ2v) is 5.63. The molecule has 1 aliphatic rings. The van der Waals surface area contributed by atoms with Crippen LogP contribution in [0.1, 0.15) is 50.4 Å². The molecule has 2 aromatic heterocycles. The molecule has 1 fully saturated rings. The number of rotatable bonds is 4. The number of carbonyl (C=O) groups excluding carboxylic acids is 1. The van der Waals surface area contributed by atoms with E-state index in [0.717, 1.165) is 19.4 Å². The molecule has 1 atom stereocenters. The van der Waals surface area contributed by atoms with Crippen LogP contribution in [0.4, 0.5) is 0 Å². The molecule has 21 heavy (non-hydrogen) atoms. The maximum absolute atomic E-state index is 12.4. The van der Waals surface area contributed by atoms with Crippen molar-refractivity contribution in [1.82, 2.24) is 24.6 Å². The summed E-state index contributed by atoms with van der Waals surface area (Å²) in [5.74, 6) is 1.52. The van der Waals surface area contributed by atoms with Gasteiger partial charge in [-0.05, 0) is 12.8 Å². The summed E-state index contributed by atoms with van der Waals surface area (Å²) in [7, 11) is 0. The fourth-order valence-corrected chi connectivity index (χ4v) is 2.57. The van der Waals surface area contributed by atoms with Crippen LogP contribution in [0.15, 0.2) is 23.2 Å². The lowest BCUT2D eigenvalue weighted by Gasteiger charge is -2.21. The molecule has 0 unspecified atom stereocenters. The summed E-state index contributed by atoms with van der Waals surface area (Å²) in [6, 6.07) is -0.0963. The molecule has 2 aromatic rings. The predicted octanol–water partition coefficient (Wildman–Crippen LogP) is 1.75. The SMILES string of the molecule is CC(C)c1noc([C@@H]2CCCN2C(=O)Cn2ccnc2)n1. The van der Waals surface area contributed by atoms with Crippen molar-refractivity contribution in [3.8, 4) is 0 Å². The van der Waals surface area contributed by atoms with E-state index in [9.17, 15) is 4.79 Å². The van der Waals surface area contributed by atoms with E-state index < -0.39 is 0 Å². The molecule has 1 amide bonds. The van der Waals surface area contributed by atoms with Crippen molar-refractivity contribution in [3.63, 3.8) is 0 Å². The molecular formula is C14H19N5O2. The number of imidazole rings is 1. The molecule has 0 aliphatic carbocycles. The van der Waals surface area contributed by atoms with Crippen molar-refractivity contribution in [1.29, 1.82) is 0 Å². The lowest BCUT2D eigenvalue weighted by Crippen LogP contribution is -2.33. The van der Waals surface area contributed by atoms with Gasteiger partial charge in [-0.25, -0.2) is 4.98 Å². The zero-order valence-corrected chi connectivity index (χ0v) is 12.3. The molecule has 0 aromatic carbocycles. The summed E-state index contributed by atoms with van der Waals surface area (Å²) in [5, 5.41) is 3.99. The van der Waals surface area contributed by atoms with Crippen molar-refractivity contribution in [3.05, 3.63) is 30.4 Å². The molecular weight excluding hydrogens is 270 g/mol. The van der Waals surface area contributed by atoms with Gasteiger partial charge in [-0.15, -0.1) is 0 Å². The molecule has 0 spiro atoms. The van der Waals surface area contributed by atoms with Gasteiger partial charge in [0.1, 0.15) is 12.6 Å². The first-order valence-electron chi connectivity index (χ1n) is 7.24. The van der Waals surface area contributed by atoms with E-state index in [1.165, 1.54) is 0 Å². The minimum absolute atomic E-state index is 0.0554. The van der Waals surface area contributed by atoms with E-state index in [1.807, 2.05) is 18.7 Å². The largest absolute Gasteiger partial charge is 0.337 e. The second-order valence-electron chi connectivity index (χ2n) is 5.63. The van der Waals surface area contributed by atoms with Crippen LogP contribution in [0.3, 0.4) is 0 Å². The van der Waals surface area contributed by atoms with Crippen molar-refractivity contribution in [2.45, 2.75) is 45.2 Å². The molecule has 112 valence electrons. The topological polar surface area (TPSA) is 77.0 Å². The van der Waals surface area contributed by atoms with Crippen LogP contribution < -0.4 is 0 Å². The molecule has 0 saturated carbocycles. The average molecular weight is 289 g/mol. The number of aromatic nitrogens is 4. The standard InChI is InChI=1S/C14H19N5O2/c1-10(2)13-16-14(21-17-13)11-4-3-6-19(11)12(20)8-18-7-5-15-9-18/h5,7,9-11H,3-4,6,8H2,1-2H3/t11-/m0/s1. The van der Waals surface area contributed by atoms with Crippen LogP contribution in [-0.2, 0) is 11.3 Å². The monoisotopic (exact) mass is 289 g/mol. The fourth-order valence-electron chi connectivity index (χ4n) is 2.57. The van der Waals surface area contributed by atoms with Gasteiger partial charge in [0.25, 0.3) is 0 Å². The van der Waals surface area contributed by atoms with E-state index in [-0.39, 0.29) is 17.9 Å². The van der Waals surface area contributed by atoms with E-state index in [1.54, 1.807) is 23.3 Å². The number of hydrogen-bond acceptors (Lipinski definition) is 5. The van der Waals surface area contributed by atoms with Crippen LogP contribution in [-0.4, -0.2) is 37.0 Å². The molecule has 3 heterocycles. The van der Waals surface area contributed by atoms with E-state index in [2.05, 4.69) is 15.1 Å². The summed E-state index contributed by atoms with van der Waals surface area (Å²) < 4.78 is 7.12. The van der Waals surface area contributed by atoms with Gasteiger partial charge < -0.3 is 14.0 Å². The highest BCUT2D eigenvalue weighted by Crippen LogP contribution is 2.31. The summed E-state index contributed by atoms with van der Waals surface area (Å²) in [4.78, 5) is 22.6. The first-order chi connectivity index (χ1) is 10.1. The van der Waals surface area contributed by atoms with E-state index >= 15 is 0 Å². The maximum Gasteiger partial charge on any atom is 0.249 e. The van der Waals surface area contributed by atoms with Gasteiger partial charge in [-0.1, -0.05) is 19.0 Å². The van der Waals surface area contributed by atoms with Crippen LogP contribution in [0.25, 0.3) is 0 Å². The smallest absolute Gasteiger partial charge is 0.249 e. The van der Waals surface area contributed by atoms with Crippen LogP contribution >= 0.6 is 0 Å². The van der Waals surface area contributed by atoms with Crippen LogP contribution in [0.2, 0.25) is 0 Å². The van der Waals surface area contributed by atoms with Gasteiger partial charge in [0.05, 0.1) is 6.33 Å². The number of hydrogen-bond donors (Lipinski definition) is 0. The third-order valence-electron chi connectivity index (χ3n) is 3.71. The summed E-state index contributed by atoms with van der Waals surface area (Å²) in [6.45, 7) is 5.07. The Morgan fingerprint density at radius 3 is 3.05 bits per heavy atom. The third kappa shape index (κ3) is 2.81. The Morgan fingerprint density at radius 1 is 1.52 bits per heavy atom. The summed E-state index contributed by atoms with van der Waals surface area (Å²) in [6.07, 6.45) is 6.93. The Labute approximate surface area is 123 Å². The van der Waals surface area contributed by atoms with Crippen molar-refractivity contribution in [2.75, 3.05) is 6.54 Å². The normalized spacial score (nSPS) is 18.6. The van der Waals surface area contributed by atoms with Gasteiger partial charge in [0.15, 0.2) is 5.82 Å².